The van der Waals surface area contributed by atoms with E-state index in [4.69, 9.17) is 16.3 Å². The van der Waals surface area contributed by atoms with Gasteiger partial charge in [-0.25, -0.2) is 4.98 Å². The van der Waals surface area contributed by atoms with E-state index in [9.17, 15) is 0 Å². The van der Waals surface area contributed by atoms with Crippen LogP contribution in [0.15, 0.2) is 11.1 Å². The van der Waals surface area contributed by atoms with E-state index in [1.54, 1.807) is 0 Å². The second-order valence-corrected chi connectivity index (χ2v) is 3.08. The summed E-state index contributed by atoms with van der Waals surface area (Å²) in [6, 6.07) is 5.38. The number of hydrogen-bond acceptors (Lipinski definition) is 4. The minimum absolute atomic E-state index is 0.297. The Labute approximate surface area is 80.0 Å². The van der Waals surface area contributed by atoms with Crippen LogP contribution in [0.5, 0.6) is 0 Å². The van der Waals surface area contributed by atoms with Crippen molar-refractivity contribution >= 4 is 17.6 Å². The molecule has 1 rings (SSSR count). The summed E-state index contributed by atoms with van der Waals surface area (Å²) in [7, 11) is 0. The summed E-state index contributed by atoms with van der Waals surface area (Å²) in [6.07, 6.45) is 1.83. The van der Waals surface area contributed by atoms with Crippen molar-refractivity contribution in [3.63, 3.8) is 0 Å². The number of nitrogens with one attached hydrogen (secondary N) is 1. The Morgan fingerprint density at radius 3 is 2.46 bits per heavy atom. The van der Waals surface area contributed by atoms with E-state index in [1.165, 1.54) is 17.8 Å². The zero-order chi connectivity index (χ0) is 9.84. The highest BCUT2D eigenvalue weighted by Gasteiger charge is 2.12. The van der Waals surface area contributed by atoms with E-state index in [0.717, 1.165) is 0 Å². The Balaban J connectivity index is 3.39. The lowest BCUT2D eigenvalue weighted by atomic mass is 10.2. The van der Waals surface area contributed by atoms with Crippen molar-refractivity contribution in [2.45, 2.75) is 5.03 Å². The normalized spacial score (nSPS) is 8.85. The third-order valence-corrected chi connectivity index (χ3v) is 2.25. The first kappa shape index (κ1) is 9.37. The minimum Gasteiger partial charge on any atom is -0.286 e. The smallest absolute Gasteiger partial charge is 0.286 e. The van der Waals surface area contributed by atoms with Gasteiger partial charge in [-0.1, -0.05) is 11.8 Å². The molecular weight excluding hydrogens is 184 g/mol. The zero-order valence-electron chi connectivity index (χ0n) is 6.96. The second-order valence-electron chi connectivity index (χ2n) is 2.27. The fraction of sp³-hybridized carbons (Fsp3) is 0.125. The van der Waals surface area contributed by atoms with Crippen LogP contribution in [0.3, 0.4) is 0 Å². The average molecular weight is 191 g/mol. The van der Waals surface area contributed by atoms with Crippen molar-refractivity contribution in [2.75, 3.05) is 12.0 Å². The molecule has 1 aromatic rings. The van der Waals surface area contributed by atoms with E-state index in [0.29, 0.717) is 22.0 Å². The van der Waals surface area contributed by atoms with Gasteiger partial charge in [0.25, 0.3) is 5.82 Å². The number of nitrogens with zero attached hydrogens (tertiary/aromatic N) is 2. The molecule has 64 valence electrons. The van der Waals surface area contributed by atoms with Crippen LogP contribution in [0.2, 0.25) is 0 Å². The third-order valence-electron chi connectivity index (χ3n) is 1.52. The van der Waals surface area contributed by atoms with Gasteiger partial charge in [0.05, 0.1) is 0 Å². The first-order valence-corrected chi connectivity index (χ1v) is 4.65. The molecule has 0 bridgehead atoms. The molecule has 0 radical (unpaired) electrons. The number of aromatic nitrogens is 1. The number of H-pyrrole nitrogens is 1. The molecule has 4 nitrogen and oxygen atoms in total. The topological polar surface area (TPSA) is 87.7 Å². The molecule has 5 heteroatoms. The summed E-state index contributed by atoms with van der Waals surface area (Å²) in [4.78, 5) is 2.79. The molecule has 0 amide bonds. The molecule has 1 heterocycles. The van der Waals surface area contributed by atoms with Crippen LogP contribution < -0.4 is 10.7 Å². The molecule has 0 unspecified atom stereocenters. The van der Waals surface area contributed by atoms with E-state index in [2.05, 4.69) is 4.98 Å². The molecule has 0 atom stereocenters. The Hall–Kier alpha value is -1.72. The van der Waals surface area contributed by atoms with E-state index >= 15 is 0 Å². The lowest BCUT2D eigenvalue weighted by Crippen LogP contribution is -2.16. The number of aromatic amines is 1. The average Bonchev–Trinajstić information content (AvgIpc) is 2.17. The van der Waals surface area contributed by atoms with Crippen LogP contribution in [-0.4, -0.2) is 6.26 Å². The quantitative estimate of drug-likeness (QED) is 0.656. The van der Waals surface area contributed by atoms with Crippen LogP contribution in [-0.2, 0) is 0 Å². The van der Waals surface area contributed by atoms with Crippen LogP contribution in [0.4, 0.5) is 5.82 Å². The predicted molar refractivity (Wildman–Crippen MR) is 48.6 cm³/mol. The molecule has 0 aliphatic carbocycles. The highest BCUT2D eigenvalue weighted by Crippen LogP contribution is 2.17. The molecule has 0 fully saturated rings. The maximum Gasteiger partial charge on any atom is 0.289 e. The molecular formula is C8H7N4S+. The highest BCUT2D eigenvalue weighted by molar-refractivity contribution is 7.98. The monoisotopic (exact) mass is 191 g/mol. The van der Waals surface area contributed by atoms with Crippen molar-refractivity contribution in [2.24, 2.45) is 0 Å². The lowest BCUT2D eigenvalue weighted by Gasteiger charge is -1.97. The van der Waals surface area contributed by atoms with Gasteiger partial charge in [0.2, 0.25) is 0 Å². The fourth-order valence-corrected chi connectivity index (χ4v) is 1.42. The van der Waals surface area contributed by atoms with Gasteiger partial charge >= 0.3 is 0 Å². The van der Waals surface area contributed by atoms with Gasteiger partial charge in [-0.05, 0) is 12.3 Å². The number of anilines is 1. The third kappa shape index (κ3) is 1.71. The Morgan fingerprint density at radius 1 is 1.38 bits per heavy atom. The Morgan fingerprint density at radius 2 is 2.00 bits per heavy atom. The molecule has 1 aromatic heterocycles. The summed E-state index contributed by atoms with van der Waals surface area (Å²) in [5.74, 6) is 0.297. The summed E-state index contributed by atoms with van der Waals surface area (Å²) in [6.45, 7) is 0. The van der Waals surface area contributed by atoms with Crippen molar-refractivity contribution in [1.82, 2.24) is 0 Å². The Kier molecular flexibility index (Phi) is 2.73. The van der Waals surface area contributed by atoms with Gasteiger partial charge in [-0.2, -0.15) is 10.5 Å². The van der Waals surface area contributed by atoms with Crippen molar-refractivity contribution in [3.05, 3.63) is 17.2 Å². The van der Waals surface area contributed by atoms with Crippen LogP contribution in [0, 0.1) is 22.7 Å². The maximum absolute atomic E-state index is 8.73. The second kappa shape index (κ2) is 3.79. The largest absolute Gasteiger partial charge is 0.289 e. The molecule has 0 saturated carbocycles. The SMILES string of the molecule is CSc1[nH+]c(N)c(C#N)cc1C#N. The molecule has 0 aliphatic heterocycles. The number of nitrogens with two attached hydrogens (primary N) is 1. The van der Waals surface area contributed by atoms with Gasteiger partial charge in [-0.3, -0.25) is 5.73 Å². The van der Waals surface area contributed by atoms with E-state index < -0.39 is 0 Å². The first-order valence-electron chi connectivity index (χ1n) is 3.43. The number of nitrogen functional groups attached to an aromatic ring is 1. The first-order chi connectivity index (χ1) is 6.22. The minimum atomic E-state index is 0.297. The Bertz CT molecular complexity index is 413. The van der Waals surface area contributed by atoms with Crippen molar-refractivity contribution < 1.29 is 4.98 Å². The zero-order valence-corrected chi connectivity index (χ0v) is 7.77. The van der Waals surface area contributed by atoms with Gasteiger partial charge in [-0.15, -0.1) is 0 Å². The highest BCUT2D eigenvalue weighted by atomic mass is 32.2. The van der Waals surface area contributed by atoms with Gasteiger partial charge < -0.3 is 0 Å². The summed E-state index contributed by atoms with van der Waals surface area (Å²) < 4.78 is 0. The summed E-state index contributed by atoms with van der Waals surface area (Å²) in [5.41, 5.74) is 6.27. The van der Waals surface area contributed by atoms with E-state index in [-0.39, 0.29) is 0 Å². The lowest BCUT2D eigenvalue weighted by molar-refractivity contribution is -0.410. The van der Waals surface area contributed by atoms with Gasteiger partial charge in [0.1, 0.15) is 23.3 Å². The molecule has 0 saturated heterocycles. The fourth-order valence-electron chi connectivity index (χ4n) is 0.881. The standard InChI is InChI=1S/C8H6N4S/c1-13-8-6(4-10)2-5(3-9)7(11)12-8/h2H,1H3,(H2,11,12)/p+1. The summed E-state index contributed by atoms with van der Waals surface area (Å²) >= 11 is 1.39. The van der Waals surface area contributed by atoms with E-state index in [1.807, 2.05) is 18.4 Å². The van der Waals surface area contributed by atoms with Crippen LogP contribution >= 0.6 is 11.8 Å². The predicted octanol–water partition coefficient (Wildman–Crippen LogP) is 0.548. The van der Waals surface area contributed by atoms with Crippen molar-refractivity contribution in [3.8, 4) is 12.1 Å². The summed E-state index contributed by atoms with van der Waals surface area (Å²) in [5, 5.41) is 18.0. The molecule has 0 aliphatic rings. The molecule has 3 N–H and O–H groups in total. The molecule has 0 aromatic carbocycles. The van der Waals surface area contributed by atoms with Crippen LogP contribution in [0.1, 0.15) is 11.1 Å². The van der Waals surface area contributed by atoms with Gasteiger partial charge in [0, 0.05) is 0 Å². The molecule has 13 heavy (non-hydrogen) atoms. The number of hydrogen-bond donors (Lipinski definition) is 1. The number of nitriles is 2. The number of pyridine rings is 1. The maximum atomic E-state index is 8.73. The van der Waals surface area contributed by atoms with Gasteiger partial charge in [0.15, 0.2) is 5.03 Å². The molecule has 0 spiro atoms. The van der Waals surface area contributed by atoms with Crippen LogP contribution in [0.25, 0.3) is 0 Å². The number of thioether (sulfide) groups is 1. The number of rotatable bonds is 1. The van der Waals surface area contributed by atoms with Crippen molar-refractivity contribution in [1.29, 1.82) is 10.5 Å².